The number of ether oxygens (including phenoxy) is 3. The van der Waals surface area contributed by atoms with Crippen molar-refractivity contribution in [3.8, 4) is 22.8 Å². The molecule has 2 aromatic carbocycles. The first kappa shape index (κ1) is 18.0. The zero-order valence-corrected chi connectivity index (χ0v) is 16.7. The molecule has 1 aliphatic rings. The topological polar surface area (TPSA) is 65.5 Å². The van der Waals surface area contributed by atoms with Crippen molar-refractivity contribution in [1.82, 2.24) is 9.97 Å². The average Bonchev–Trinajstić information content (AvgIpc) is 2.67. The quantitative estimate of drug-likeness (QED) is 0.490. The molecule has 1 aromatic heterocycles. The van der Waals surface area contributed by atoms with Crippen LogP contribution in [-0.4, -0.2) is 36.4 Å². The molecule has 1 N–H and O–H groups in total. The van der Waals surface area contributed by atoms with E-state index in [1.54, 1.807) is 6.20 Å². The molecule has 3 aromatic rings. The van der Waals surface area contributed by atoms with Crippen LogP contribution in [-0.2, 0) is 4.74 Å². The highest BCUT2D eigenvalue weighted by molar-refractivity contribution is 14.1. The molecule has 0 radical (unpaired) electrons. The van der Waals surface area contributed by atoms with Gasteiger partial charge in [-0.3, -0.25) is 0 Å². The lowest BCUT2D eigenvalue weighted by molar-refractivity contribution is 0.0764. The molecule has 6 bridgehead atoms. The van der Waals surface area contributed by atoms with Crippen LogP contribution in [0.5, 0.6) is 11.5 Å². The number of rotatable bonds is 0. The molecule has 0 aliphatic carbocycles. The molecule has 4 rings (SSSR count). The van der Waals surface area contributed by atoms with Crippen LogP contribution < -0.4 is 14.8 Å². The van der Waals surface area contributed by atoms with E-state index in [1.165, 1.54) is 0 Å². The Morgan fingerprint density at radius 3 is 2.63 bits per heavy atom. The molecule has 138 valence electrons. The number of nitrogens with zero attached hydrogens (tertiary/aromatic N) is 2. The first-order valence-corrected chi connectivity index (χ1v) is 9.69. The lowest BCUT2D eigenvalue weighted by Crippen LogP contribution is -2.12. The summed E-state index contributed by atoms with van der Waals surface area (Å²) in [6, 6.07) is 15.7. The molecule has 1 aliphatic heterocycles. The fourth-order valence-corrected chi connectivity index (χ4v) is 3.35. The fourth-order valence-electron chi connectivity index (χ4n) is 2.71. The van der Waals surface area contributed by atoms with Crippen LogP contribution in [0.15, 0.2) is 54.7 Å². The van der Waals surface area contributed by atoms with Gasteiger partial charge in [0.25, 0.3) is 0 Å². The van der Waals surface area contributed by atoms with Crippen molar-refractivity contribution in [3.05, 3.63) is 58.3 Å². The van der Waals surface area contributed by atoms with Crippen molar-refractivity contribution >= 4 is 34.2 Å². The molecule has 0 atom stereocenters. The number of hydrogen-bond donors (Lipinski definition) is 1. The van der Waals surface area contributed by atoms with E-state index in [0.717, 1.165) is 32.0 Å². The molecule has 0 unspecified atom stereocenters. The van der Waals surface area contributed by atoms with Crippen LogP contribution in [0.25, 0.3) is 11.3 Å². The van der Waals surface area contributed by atoms with Gasteiger partial charge in [-0.05, 0) is 52.9 Å². The number of aromatic nitrogens is 2. The summed E-state index contributed by atoms with van der Waals surface area (Å²) in [5.41, 5.74) is 2.66. The molecule has 0 spiro atoms. The highest BCUT2D eigenvalue weighted by Gasteiger charge is 2.07. The maximum absolute atomic E-state index is 5.79. The minimum absolute atomic E-state index is 0.473. The monoisotopic (exact) mass is 475 g/mol. The van der Waals surface area contributed by atoms with Gasteiger partial charge in [-0.1, -0.05) is 12.1 Å². The van der Waals surface area contributed by atoms with E-state index in [1.807, 2.05) is 48.5 Å². The van der Waals surface area contributed by atoms with Crippen molar-refractivity contribution in [2.75, 3.05) is 31.7 Å². The molecule has 0 fully saturated rings. The summed E-state index contributed by atoms with van der Waals surface area (Å²) >= 11 is 2.26. The molecule has 7 heteroatoms. The molecular weight excluding hydrogens is 457 g/mol. The molecule has 2 heterocycles. The minimum Gasteiger partial charge on any atom is -0.491 e. The fraction of sp³-hybridized carbons (Fsp3) is 0.200. The number of benzene rings is 2. The summed E-state index contributed by atoms with van der Waals surface area (Å²) in [6.07, 6.45) is 1.74. The van der Waals surface area contributed by atoms with Crippen molar-refractivity contribution in [2.24, 2.45) is 0 Å². The van der Waals surface area contributed by atoms with Gasteiger partial charge in [0, 0.05) is 27.1 Å². The predicted molar refractivity (Wildman–Crippen MR) is 112 cm³/mol. The Hall–Kier alpha value is -2.39. The molecule has 0 saturated heterocycles. The Morgan fingerprint density at radius 1 is 0.889 bits per heavy atom. The smallest absolute Gasteiger partial charge is 0.227 e. The SMILES string of the molecule is Ic1cc2cc(c1)OCCOCCOc1cccc(c1)-c1ccnc(n1)N2. The number of fused-ring (bicyclic) bond motifs is 7. The lowest BCUT2D eigenvalue weighted by Gasteiger charge is -2.11. The van der Waals surface area contributed by atoms with Gasteiger partial charge in [0.1, 0.15) is 24.7 Å². The molecule has 27 heavy (non-hydrogen) atoms. The second kappa shape index (κ2) is 8.53. The first-order valence-electron chi connectivity index (χ1n) is 8.61. The Labute approximate surface area is 171 Å². The average molecular weight is 475 g/mol. The Bertz CT molecular complexity index is 936. The van der Waals surface area contributed by atoms with Crippen LogP contribution in [0.3, 0.4) is 0 Å². The zero-order chi connectivity index (χ0) is 18.5. The maximum Gasteiger partial charge on any atom is 0.227 e. The predicted octanol–water partition coefficient (Wildman–Crippen LogP) is 4.28. The second-order valence-corrected chi connectivity index (χ2v) is 7.15. The molecule has 0 saturated carbocycles. The van der Waals surface area contributed by atoms with Crippen LogP contribution in [0, 0.1) is 3.57 Å². The van der Waals surface area contributed by atoms with Crippen molar-refractivity contribution in [2.45, 2.75) is 0 Å². The van der Waals surface area contributed by atoms with E-state index in [2.05, 4.69) is 37.9 Å². The number of anilines is 2. The number of nitrogens with one attached hydrogen (secondary N) is 1. The third-order valence-electron chi connectivity index (χ3n) is 3.91. The Morgan fingerprint density at radius 2 is 1.74 bits per heavy atom. The first-order chi connectivity index (χ1) is 13.3. The van der Waals surface area contributed by atoms with E-state index in [9.17, 15) is 0 Å². The number of halogens is 1. The van der Waals surface area contributed by atoms with Gasteiger partial charge in [-0.2, -0.15) is 0 Å². The summed E-state index contributed by atoms with van der Waals surface area (Å²) in [7, 11) is 0. The zero-order valence-electron chi connectivity index (χ0n) is 14.5. The van der Waals surface area contributed by atoms with Crippen molar-refractivity contribution in [1.29, 1.82) is 0 Å². The van der Waals surface area contributed by atoms with Crippen LogP contribution in [0.2, 0.25) is 0 Å². The van der Waals surface area contributed by atoms with E-state index in [0.29, 0.717) is 32.4 Å². The lowest BCUT2D eigenvalue weighted by atomic mass is 10.1. The van der Waals surface area contributed by atoms with Crippen LogP contribution in [0.4, 0.5) is 11.6 Å². The largest absolute Gasteiger partial charge is 0.491 e. The van der Waals surface area contributed by atoms with Gasteiger partial charge in [0.15, 0.2) is 0 Å². The summed E-state index contributed by atoms with van der Waals surface area (Å²) in [4.78, 5) is 8.97. The van der Waals surface area contributed by atoms with E-state index < -0.39 is 0 Å². The van der Waals surface area contributed by atoms with Gasteiger partial charge >= 0.3 is 0 Å². The third-order valence-corrected chi connectivity index (χ3v) is 4.53. The van der Waals surface area contributed by atoms with Crippen molar-refractivity contribution < 1.29 is 14.2 Å². The third kappa shape index (κ3) is 4.86. The maximum atomic E-state index is 5.79. The normalized spacial score (nSPS) is 14.3. The highest BCUT2D eigenvalue weighted by Crippen LogP contribution is 2.26. The van der Waals surface area contributed by atoms with Gasteiger partial charge in [-0.15, -0.1) is 0 Å². The van der Waals surface area contributed by atoms with Crippen LogP contribution >= 0.6 is 22.6 Å². The van der Waals surface area contributed by atoms with Gasteiger partial charge in [0.05, 0.1) is 18.9 Å². The molecule has 6 nitrogen and oxygen atoms in total. The van der Waals surface area contributed by atoms with E-state index in [-0.39, 0.29) is 0 Å². The summed E-state index contributed by atoms with van der Waals surface area (Å²) in [6.45, 7) is 1.96. The highest BCUT2D eigenvalue weighted by atomic mass is 127. The van der Waals surface area contributed by atoms with Crippen LogP contribution in [0.1, 0.15) is 0 Å². The summed E-state index contributed by atoms with van der Waals surface area (Å²) < 4.78 is 18.2. The standard InChI is InChI=1S/C20H18IN3O3/c21-15-11-16-13-18(12-15)27-9-7-25-6-8-26-17-3-1-2-14(10-17)19-4-5-22-20(23-16)24-19/h1-5,10-13H,6-9H2,(H,22,23,24). The Kier molecular flexibility index (Phi) is 5.69. The minimum atomic E-state index is 0.473. The molecule has 0 amide bonds. The van der Waals surface area contributed by atoms with E-state index in [4.69, 9.17) is 14.2 Å². The summed E-state index contributed by atoms with van der Waals surface area (Å²) in [5.74, 6) is 2.08. The van der Waals surface area contributed by atoms with Crippen molar-refractivity contribution in [3.63, 3.8) is 0 Å². The molecular formula is C20H18IN3O3. The van der Waals surface area contributed by atoms with Gasteiger partial charge < -0.3 is 19.5 Å². The van der Waals surface area contributed by atoms with E-state index >= 15 is 0 Å². The summed E-state index contributed by atoms with van der Waals surface area (Å²) in [5, 5.41) is 3.26. The van der Waals surface area contributed by atoms with Gasteiger partial charge in [0.2, 0.25) is 5.95 Å². The second-order valence-electron chi connectivity index (χ2n) is 5.90. The number of hydrogen-bond acceptors (Lipinski definition) is 6. The Balaban J connectivity index is 1.69. The van der Waals surface area contributed by atoms with Gasteiger partial charge in [-0.25, -0.2) is 9.97 Å².